The molecule has 2 aliphatic heterocycles. The molecule has 5 rings (SSSR count). The van der Waals surface area contributed by atoms with E-state index < -0.39 is 0 Å². The molecular weight excluding hydrogens is 376 g/mol. The molecular formula is C19H22N6O2S. The van der Waals surface area contributed by atoms with Crippen LogP contribution in [0.1, 0.15) is 22.8 Å². The minimum atomic E-state index is 0.153. The van der Waals surface area contributed by atoms with Gasteiger partial charge in [-0.25, -0.2) is 0 Å². The number of rotatable bonds is 4. The van der Waals surface area contributed by atoms with E-state index in [1.807, 2.05) is 11.8 Å². The highest BCUT2D eigenvalue weighted by Gasteiger charge is 2.26. The first-order valence-corrected chi connectivity index (χ1v) is 10.4. The lowest BCUT2D eigenvalue weighted by Gasteiger charge is -2.29. The molecule has 1 amide bonds. The molecule has 1 saturated heterocycles. The average molecular weight is 398 g/mol. The predicted molar refractivity (Wildman–Crippen MR) is 107 cm³/mol. The van der Waals surface area contributed by atoms with Crippen molar-refractivity contribution in [3.8, 4) is 0 Å². The number of hydrogen-bond acceptors (Lipinski definition) is 7. The first-order chi connectivity index (χ1) is 13.7. The summed E-state index contributed by atoms with van der Waals surface area (Å²) in [5.74, 6) is 0.925. The standard InChI is InChI=1S/C19H22N6O2S/c1-13-20-21-19-25(13)22-17(28-19)4-5-18(26)24-7-6-14-2-3-15(12-16(14)24)23-8-10-27-11-9-23/h2-3,12H,4-11H2,1H3. The number of nitrogens with zero attached hydrogens (tertiary/aromatic N) is 6. The molecule has 3 aromatic rings. The van der Waals surface area contributed by atoms with E-state index in [1.165, 1.54) is 22.6 Å². The Morgan fingerprint density at radius 2 is 2.07 bits per heavy atom. The Balaban J connectivity index is 1.29. The van der Waals surface area contributed by atoms with Crippen LogP contribution in [0.2, 0.25) is 0 Å². The molecule has 4 heterocycles. The number of hydrogen-bond donors (Lipinski definition) is 0. The van der Waals surface area contributed by atoms with Crippen LogP contribution in [0.5, 0.6) is 0 Å². The van der Waals surface area contributed by atoms with Crippen molar-refractivity contribution in [1.82, 2.24) is 19.8 Å². The van der Waals surface area contributed by atoms with E-state index in [2.05, 4.69) is 38.4 Å². The molecule has 0 saturated carbocycles. The van der Waals surface area contributed by atoms with Gasteiger partial charge in [0, 0.05) is 43.9 Å². The number of fused-ring (bicyclic) bond motifs is 2. The number of morpholine rings is 1. The van der Waals surface area contributed by atoms with Gasteiger partial charge in [-0.05, 0) is 31.0 Å². The summed E-state index contributed by atoms with van der Waals surface area (Å²) in [6, 6.07) is 6.50. The van der Waals surface area contributed by atoms with E-state index in [9.17, 15) is 4.79 Å². The second-order valence-electron chi connectivity index (χ2n) is 7.15. The number of aryl methyl sites for hydroxylation is 2. The van der Waals surface area contributed by atoms with Gasteiger partial charge in [-0.15, -0.1) is 10.2 Å². The summed E-state index contributed by atoms with van der Waals surface area (Å²) in [6.45, 7) is 5.94. The lowest BCUT2D eigenvalue weighted by molar-refractivity contribution is -0.118. The average Bonchev–Trinajstić information content (AvgIpc) is 3.42. The Hall–Kier alpha value is -2.52. The van der Waals surface area contributed by atoms with Gasteiger partial charge in [0.1, 0.15) is 5.01 Å². The molecule has 28 heavy (non-hydrogen) atoms. The molecule has 2 aromatic heterocycles. The van der Waals surface area contributed by atoms with E-state index in [4.69, 9.17) is 4.74 Å². The fourth-order valence-corrected chi connectivity index (χ4v) is 4.73. The molecule has 2 aliphatic rings. The Bertz CT molecular complexity index is 1020. The molecule has 1 aromatic carbocycles. The van der Waals surface area contributed by atoms with E-state index in [1.54, 1.807) is 4.52 Å². The summed E-state index contributed by atoms with van der Waals surface area (Å²) >= 11 is 1.50. The predicted octanol–water partition coefficient (Wildman–Crippen LogP) is 1.85. The van der Waals surface area contributed by atoms with Crippen molar-refractivity contribution in [2.45, 2.75) is 26.2 Å². The van der Waals surface area contributed by atoms with Crippen LogP contribution in [0, 0.1) is 6.92 Å². The number of aromatic nitrogens is 4. The van der Waals surface area contributed by atoms with Crippen LogP contribution < -0.4 is 9.80 Å². The summed E-state index contributed by atoms with van der Waals surface area (Å²) < 4.78 is 7.19. The first kappa shape index (κ1) is 17.6. The lowest BCUT2D eigenvalue weighted by Crippen LogP contribution is -2.36. The van der Waals surface area contributed by atoms with Crippen LogP contribution in [-0.2, 0) is 22.4 Å². The van der Waals surface area contributed by atoms with Crippen molar-refractivity contribution in [2.24, 2.45) is 0 Å². The highest BCUT2D eigenvalue weighted by Crippen LogP contribution is 2.33. The third-order valence-electron chi connectivity index (χ3n) is 5.38. The maximum atomic E-state index is 12.9. The number of anilines is 2. The maximum absolute atomic E-state index is 12.9. The van der Waals surface area contributed by atoms with E-state index in [0.717, 1.165) is 60.7 Å². The van der Waals surface area contributed by atoms with Gasteiger partial charge >= 0.3 is 0 Å². The monoisotopic (exact) mass is 398 g/mol. The molecule has 0 bridgehead atoms. The SMILES string of the molecule is Cc1nnc2sc(CCC(=O)N3CCc4ccc(N5CCOCC5)cc43)nn12. The minimum Gasteiger partial charge on any atom is -0.378 e. The van der Waals surface area contributed by atoms with Crippen LogP contribution >= 0.6 is 11.3 Å². The number of carbonyl (C=O) groups excluding carboxylic acids is 1. The lowest BCUT2D eigenvalue weighted by atomic mass is 10.1. The second-order valence-corrected chi connectivity index (χ2v) is 8.19. The van der Waals surface area contributed by atoms with Crippen LogP contribution in [0.3, 0.4) is 0 Å². The zero-order chi connectivity index (χ0) is 19.1. The summed E-state index contributed by atoms with van der Waals surface area (Å²) in [5.41, 5.74) is 3.48. The van der Waals surface area contributed by atoms with Crippen LogP contribution in [-0.4, -0.2) is 58.6 Å². The Kier molecular flexibility index (Phi) is 4.48. The van der Waals surface area contributed by atoms with Crippen LogP contribution in [0.15, 0.2) is 18.2 Å². The Labute approximate surface area is 166 Å². The summed E-state index contributed by atoms with van der Waals surface area (Å²) in [7, 11) is 0. The van der Waals surface area contributed by atoms with Crippen molar-refractivity contribution in [2.75, 3.05) is 42.6 Å². The highest BCUT2D eigenvalue weighted by molar-refractivity contribution is 7.16. The second kappa shape index (κ2) is 7.14. The fourth-order valence-electron chi connectivity index (χ4n) is 3.85. The van der Waals surface area contributed by atoms with Gasteiger partial charge in [0.15, 0.2) is 5.82 Å². The molecule has 9 heteroatoms. The van der Waals surface area contributed by atoms with Crippen LogP contribution in [0.4, 0.5) is 11.4 Å². The summed E-state index contributed by atoms with van der Waals surface area (Å²) in [4.78, 5) is 18.0. The van der Waals surface area contributed by atoms with Gasteiger partial charge in [0.05, 0.1) is 13.2 Å². The number of ether oxygens (including phenoxy) is 1. The number of amides is 1. The molecule has 0 unspecified atom stereocenters. The quantitative estimate of drug-likeness (QED) is 0.668. The van der Waals surface area contributed by atoms with Gasteiger partial charge in [-0.1, -0.05) is 17.4 Å². The van der Waals surface area contributed by atoms with Gasteiger partial charge in [-0.2, -0.15) is 9.61 Å². The topological polar surface area (TPSA) is 75.9 Å². The summed E-state index contributed by atoms with van der Waals surface area (Å²) in [6.07, 6.45) is 1.99. The van der Waals surface area contributed by atoms with E-state index in [-0.39, 0.29) is 5.91 Å². The van der Waals surface area contributed by atoms with Gasteiger partial charge in [-0.3, -0.25) is 4.79 Å². The highest BCUT2D eigenvalue weighted by atomic mass is 32.1. The van der Waals surface area contributed by atoms with E-state index >= 15 is 0 Å². The zero-order valence-electron chi connectivity index (χ0n) is 15.8. The summed E-state index contributed by atoms with van der Waals surface area (Å²) in [5, 5.41) is 13.5. The molecule has 0 radical (unpaired) electrons. The minimum absolute atomic E-state index is 0.153. The molecule has 8 nitrogen and oxygen atoms in total. The molecule has 146 valence electrons. The number of benzene rings is 1. The zero-order valence-corrected chi connectivity index (χ0v) is 16.6. The van der Waals surface area contributed by atoms with Crippen molar-refractivity contribution >= 4 is 33.6 Å². The molecule has 0 spiro atoms. The molecule has 0 aliphatic carbocycles. The molecule has 0 atom stereocenters. The van der Waals surface area contributed by atoms with Crippen molar-refractivity contribution in [3.05, 3.63) is 34.6 Å². The van der Waals surface area contributed by atoms with E-state index in [0.29, 0.717) is 12.8 Å². The van der Waals surface area contributed by atoms with Crippen molar-refractivity contribution in [3.63, 3.8) is 0 Å². The Morgan fingerprint density at radius 1 is 1.21 bits per heavy atom. The number of carbonyl (C=O) groups is 1. The van der Waals surface area contributed by atoms with Gasteiger partial charge in [0.2, 0.25) is 10.9 Å². The Morgan fingerprint density at radius 3 is 2.89 bits per heavy atom. The maximum Gasteiger partial charge on any atom is 0.234 e. The molecule has 1 fully saturated rings. The smallest absolute Gasteiger partial charge is 0.234 e. The third-order valence-corrected chi connectivity index (χ3v) is 6.34. The van der Waals surface area contributed by atoms with Crippen molar-refractivity contribution < 1.29 is 9.53 Å². The van der Waals surface area contributed by atoms with Crippen LogP contribution in [0.25, 0.3) is 4.96 Å². The largest absolute Gasteiger partial charge is 0.378 e. The van der Waals surface area contributed by atoms with Gasteiger partial charge in [0.25, 0.3) is 0 Å². The van der Waals surface area contributed by atoms with Crippen molar-refractivity contribution in [1.29, 1.82) is 0 Å². The third kappa shape index (κ3) is 3.14. The van der Waals surface area contributed by atoms with Gasteiger partial charge < -0.3 is 14.5 Å². The fraction of sp³-hybridized carbons (Fsp3) is 0.474. The first-order valence-electron chi connectivity index (χ1n) is 9.63. The molecule has 0 N–H and O–H groups in total. The normalized spacial score (nSPS) is 16.8.